The Labute approximate surface area is 163 Å². The highest BCUT2D eigenvalue weighted by molar-refractivity contribution is 6.31. The molecule has 1 saturated heterocycles. The lowest BCUT2D eigenvalue weighted by molar-refractivity contribution is -0.384. The number of benzene rings is 1. The van der Waals surface area contributed by atoms with Gasteiger partial charge in [0.1, 0.15) is 5.69 Å². The Kier molecular flexibility index (Phi) is 6.30. The molecule has 0 radical (unpaired) electrons. The highest BCUT2D eigenvalue weighted by Gasteiger charge is 2.29. The van der Waals surface area contributed by atoms with Gasteiger partial charge in [0, 0.05) is 31.7 Å². The summed E-state index contributed by atoms with van der Waals surface area (Å²) < 4.78 is 7.01. The van der Waals surface area contributed by atoms with Crippen molar-refractivity contribution >= 4 is 23.1 Å². The standard InChI is InChI=1S/C18H24ClN5O3/c1-3-15-17(24(25)26)18(22(2)21-15)20-12-16(23-8-10-27-11-9-23)13-6-4-5-7-14(13)19/h4-7,16,20H,3,8-12H2,1-2H3. The number of anilines is 1. The van der Waals surface area contributed by atoms with Gasteiger partial charge in [0.2, 0.25) is 5.82 Å². The molecule has 1 N–H and O–H groups in total. The van der Waals surface area contributed by atoms with Crippen LogP contribution in [0, 0.1) is 10.1 Å². The smallest absolute Gasteiger partial charge is 0.333 e. The van der Waals surface area contributed by atoms with Crippen LogP contribution in [0.15, 0.2) is 24.3 Å². The summed E-state index contributed by atoms with van der Waals surface area (Å²) >= 11 is 6.45. The second-order valence-electron chi connectivity index (χ2n) is 6.44. The molecular weight excluding hydrogens is 370 g/mol. The molecule has 0 bridgehead atoms. The van der Waals surface area contributed by atoms with Crippen LogP contribution in [0.5, 0.6) is 0 Å². The third-order valence-corrected chi connectivity index (χ3v) is 5.17. The van der Waals surface area contributed by atoms with Crippen molar-refractivity contribution in [3.8, 4) is 0 Å². The van der Waals surface area contributed by atoms with Crippen molar-refractivity contribution in [3.63, 3.8) is 0 Å². The fourth-order valence-corrected chi connectivity index (χ4v) is 3.72. The maximum absolute atomic E-state index is 11.5. The van der Waals surface area contributed by atoms with Crippen LogP contribution in [0.4, 0.5) is 11.5 Å². The predicted octanol–water partition coefficient (Wildman–Crippen LogP) is 3.03. The average molecular weight is 394 g/mol. The number of halogens is 1. The summed E-state index contributed by atoms with van der Waals surface area (Å²) in [6.07, 6.45) is 0.503. The molecule has 146 valence electrons. The molecule has 0 saturated carbocycles. The van der Waals surface area contributed by atoms with Crippen LogP contribution in [0.2, 0.25) is 5.02 Å². The van der Waals surface area contributed by atoms with Gasteiger partial charge in [-0.2, -0.15) is 5.10 Å². The van der Waals surface area contributed by atoms with Gasteiger partial charge < -0.3 is 10.1 Å². The highest BCUT2D eigenvalue weighted by Crippen LogP contribution is 2.32. The first kappa shape index (κ1) is 19.6. The topological polar surface area (TPSA) is 85.5 Å². The van der Waals surface area contributed by atoms with Crippen molar-refractivity contribution in [3.05, 3.63) is 50.7 Å². The summed E-state index contributed by atoms with van der Waals surface area (Å²) in [5, 5.41) is 19.8. The summed E-state index contributed by atoms with van der Waals surface area (Å²) in [6.45, 7) is 5.22. The SMILES string of the molecule is CCc1nn(C)c(NCC(c2ccccc2Cl)N2CCOCC2)c1[N+](=O)[O-]. The molecule has 1 fully saturated rings. The number of morpholine rings is 1. The van der Waals surface area contributed by atoms with Crippen LogP contribution >= 0.6 is 11.6 Å². The zero-order valence-electron chi connectivity index (χ0n) is 15.5. The van der Waals surface area contributed by atoms with Crippen LogP contribution in [0.3, 0.4) is 0 Å². The third kappa shape index (κ3) is 4.23. The molecular formula is C18H24ClN5O3. The van der Waals surface area contributed by atoms with Crippen molar-refractivity contribution in [2.75, 3.05) is 38.2 Å². The molecule has 8 nitrogen and oxygen atoms in total. The van der Waals surface area contributed by atoms with Gasteiger partial charge in [0.05, 0.1) is 24.2 Å². The number of aryl methyl sites for hydroxylation is 2. The number of hydrogen-bond acceptors (Lipinski definition) is 6. The monoisotopic (exact) mass is 393 g/mol. The molecule has 0 amide bonds. The summed E-state index contributed by atoms with van der Waals surface area (Å²) in [7, 11) is 1.72. The third-order valence-electron chi connectivity index (χ3n) is 4.82. The Hall–Kier alpha value is -2.16. The number of nitrogens with zero attached hydrogens (tertiary/aromatic N) is 4. The van der Waals surface area contributed by atoms with E-state index in [0.717, 1.165) is 18.7 Å². The largest absolute Gasteiger partial charge is 0.379 e. The molecule has 1 aromatic heterocycles. The van der Waals surface area contributed by atoms with Gasteiger partial charge >= 0.3 is 5.69 Å². The molecule has 3 rings (SSSR count). The fourth-order valence-electron chi connectivity index (χ4n) is 3.46. The van der Waals surface area contributed by atoms with Crippen LogP contribution in [-0.2, 0) is 18.2 Å². The van der Waals surface area contributed by atoms with Gasteiger partial charge in [-0.25, -0.2) is 4.68 Å². The average Bonchev–Trinajstić information content (AvgIpc) is 3.00. The minimum Gasteiger partial charge on any atom is -0.379 e. The van der Waals surface area contributed by atoms with Gasteiger partial charge in [-0.3, -0.25) is 15.0 Å². The molecule has 1 atom stereocenters. The van der Waals surface area contributed by atoms with Crippen molar-refractivity contribution < 1.29 is 9.66 Å². The van der Waals surface area contributed by atoms with E-state index in [9.17, 15) is 10.1 Å². The van der Waals surface area contributed by atoms with Crippen LogP contribution in [0.25, 0.3) is 0 Å². The van der Waals surface area contributed by atoms with E-state index in [0.29, 0.717) is 42.7 Å². The van der Waals surface area contributed by atoms with Crippen molar-refractivity contribution in [1.29, 1.82) is 0 Å². The second-order valence-corrected chi connectivity index (χ2v) is 6.85. The lowest BCUT2D eigenvalue weighted by atomic mass is 10.0. The predicted molar refractivity (Wildman–Crippen MR) is 104 cm³/mol. The first-order valence-electron chi connectivity index (χ1n) is 9.03. The maximum atomic E-state index is 11.5. The maximum Gasteiger partial charge on any atom is 0.333 e. The van der Waals surface area contributed by atoms with Crippen LogP contribution < -0.4 is 5.32 Å². The molecule has 2 heterocycles. The van der Waals surface area contributed by atoms with Crippen LogP contribution in [-0.4, -0.2) is 52.5 Å². The van der Waals surface area contributed by atoms with Gasteiger partial charge in [0.25, 0.3) is 0 Å². The molecule has 1 aliphatic rings. The first-order chi connectivity index (χ1) is 13.0. The van der Waals surface area contributed by atoms with Gasteiger partial charge in [-0.15, -0.1) is 0 Å². The fraction of sp³-hybridized carbons (Fsp3) is 0.500. The van der Waals surface area contributed by atoms with Gasteiger partial charge in [-0.1, -0.05) is 36.7 Å². The van der Waals surface area contributed by atoms with E-state index < -0.39 is 0 Å². The molecule has 0 aliphatic carbocycles. The first-order valence-corrected chi connectivity index (χ1v) is 9.41. The molecule has 2 aromatic rings. The zero-order valence-corrected chi connectivity index (χ0v) is 16.3. The van der Waals surface area contributed by atoms with Crippen molar-refractivity contribution in [2.24, 2.45) is 7.05 Å². The van der Waals surface area contributed by atoms with E-state index in [1.165, 1.54) is 0 Å². The van der Waals surface area contributed by atoms with E-state index in [4.69, 9.17) is 16.3 Å². The Morgan fingerprint density at radius 3 is 2.70 bits per heavy atom. The normalized spacial score (nSPS) is 16.3. The molecule has 1 aromatic carbocycles. The number of nitrogens with one attached hydrogen (secondary N) is 1. The molecule has 0 spiro atoms. The van der Waals surface area contributed by atoms with E-state index in [2.05, 4.69) is 15.3 Å². The van der Waals surface area contributed by atoms with Crippen LogP contribution in [0.1, 0.15) is 24.2 Å². The van der Waals surface area contributed by atoms with Crippen molar-refractivity contribution in [1.82, 2.24) is 14.7 Å². The Bertz CT molecular complexity index is 804. The molecule has 9 heteroatoms. The van der Waals surface area contributed by atoms with E-state index in [1.54, 1.807) is 11.7 Å². The number of rotatable bonds is 7. The molecule has 1 unspecified atom stereocenters. The van der Waals surface area contributed by atoms with E-state index in [-0.39, 0.29) is 16.7 Å². The van der Waals surface area contributed by atoms with Crippen molar-refractivity contribution in [2.45, 2.75) is 19.4 Å². The molecule has 27 heavy (non-hydrogen) atoms. The highest BCUT2D eigenvalue weighted by atomic mass is 35.5. The van der Waals surface area contributed by atoms with Gasteiger partial charge in [0.15, 0.2) is 0 Å². The second kappa shape index (κ2) is 8.69. The summed E-state index contributed by atoms with van der Waals surface area (Å²) in [5.74, 6) is 0.419. The van der Waals surface area contributed by atoms with E-state index >= 15 is 0 Å². The van der Waals surface area contributed by atoms with Gasteiger partial charge in [-0.05, 0) is 18.1 Å². The zero-order chi connectivity index (χ0) is 19.4. The Morgan fingerprint density at radius 1 is 1.37 bits per heavy atom. The Morgan fingerprint density at radius 2 is 2.07 bits per heavy atom. The quantitative estimate of drug-likeness (QED) is 0.574. The minimum atomic E-state index is -0.368. The van der Waals surface area contributed by atoms with E-state index in [1.807, 2.05) is 31.2 Å². The summed E-state index contributed by atoms with van der Waals surface area (Å²) in [6, 6.07) is 7.69. The number of nitro groups is 1. The minimum absolute atomic E-state index is 0.0258. The Balaban J connectivity index is 1.89. The number of hydrogen-bond donors (Lipinski definition) is 1. The summed E-state index contributed by atoms with van der Waals surface area (Å²) in [5.41, 5.74) is 1.51. The number of ether oxygens (including phenoxy) is 1. The summed E-state index contributed by atoms with van der Waals surface area (Å²) in [4.78, 5) is 13.5. The number of aromatic nitrogens is 2. The lowest BCUT2D eigenvalue weighted by Gasteiger charge is -2.35. The molecule has 1 aliphatic heterocycles. The lowest BCUT2D eigenvalue weighted by Crippen LogP contribution is -2.41.